The molecule has 2 rings (SSSR count). The fourth-order valence-corrected chi connectivity index (χ4v) is 2.10. The Hall–Kier alpha value is -2.47. The summed E-state index contributed by atoms with van der Waals surface area (Å²) >= 11 is 0. The van der Waals surface area contributed by atoms with E-state index in [1.54, 1.807) is 17.9 Å². The summed E-state index contributed by atoms with van der Waals surface area (Å²) in [5.74, 6) is 0.290. The highest BCUT2D eigenvalue weighted by atomic mass is 16.6. The second-order valence-corrected chi connectivity index (χ2v) is 4.68. The number of rotatable bonds is 6. The van der Waals surface area contributed by atoms with Gasteiger partial charge >= 0.3 is 5.69 Å². The van der Waals surface area contributed by atoms with Crippen molar-refractivity contribution in [2.24, 2.45) is 0 Å². The Bertz CT molecular complexity index is 617. The number of hydrogen-bond donors (Lipinski definition) is 1. The van der Waals surface area contributed by atoms with Crippen LogP contribution in [0, 0.1) is 17.0 Å². The number of benzene rings is 1. The first kappa shape index (κ1) is 14.9. The van der Waals surface area contributed by atoms with Crippen LogP contribution in [0.4, 0.5) is 11.5 Å². The van der Waals surface area contributed by atoms with E-state index in [-0.39, 0.29) is 24.7 Å². The molecular weight excluding hydrogens is 270 g/mol. The SMILES string of the molecule is Cc1ccc([N+](=O)[O-])c(N(CCO)Cc2ccccc2)n1. The lowest BCUT2D eigenvalue weighted by Crippen LogP contribution is -2.28. The number of nitrogens with zero attached hydrogens (tertiary/aromatic N) is 3. The Labute approximate surface area is 122 Å². The molecule has 0 aliphatic rings. The Morgan fingerprint density at radius 3 is 2.57 bits per heavy atom. The average Bonchev–Trinajstić information content (AvgIpc) is 2.47. The molecule has 1 aromatic carbocycles. The lowest BCUT2D eigenvalue weighted by atomic mass is 10.2. The first-order chi connectivity index (χ1) is 10.1. The topological polar surface area (TPSA) is 79.5 Å². The van der Waals surface area contributed by atoms with Crippen LogP contribution in [0.1, 0.15) is 11.3 Å². The molecule has 0 unspecified atom stereocenters. The van der Waals surface area contributed by atoms with Crippen LogP contribution in [0.15, 0.2) is 42.5 Å². The molecule has 1 N–H and O–H groups in total. The van der Waals surface area contributed by atoms with Crippen molar-refractivity contribution in [1.82, 2.24) is 4.98 Å². The molecule has 0 bridgehead atoms. The standard InChI is InChI=1S/C15H17N3O3/c1-12-7-8-14(18(20)21)15(16-12)17(9-10-19)11-13-5-3-2-4-6-13/h2-8,19H,9-11H2,1H3. The molecular formula is C15H17N3O3. The molecule has 0 saturated heterocycles. The third kappa shape index (κ3) is 3.76. The summed E-state index contributed by atoms with van der Waals surface area (Å²) in [7, 11) is 0. The van der Waals surface area contributed by atoms with Gasteiger partial charge in [-0.15, -0.1) is 0 Å². The average molecular weight is 287 g/mol. The van der Waals surface area contributed by atoms with Crippen molar-refractivity contribution in [3.63, 3.8) is 0 Å². The van der Waals surface area contributed by atoms with E-state index in [1.807, 2.05) is 30.3 Å². The van der Waals surface area contributed by atoms with E-state index in [1.165, 1.54) is 6.07 Å². The smallest absolute Gasteiger partial charge is 0.311 e. The van der Waals surface area contributed by atoms with Crippen LogP contribution in [0.3, 0.4) is 0 Å². The normalized spacial score (nSPS) is 10.4. The number of anilines is 1. The summed E-state index contributed by atoms with van der Waals surface area (Å²) in [6.45, 7) is 2.43. The monoisotopic (exact) mass is 287 g/mol. The summed E-state index contributed by atoms with van der Waals surface area (Å²) in [5.41, 5.74) is 1.65. The molecule has 21 heavy (non-hydrogen) atoms. The maximum atomic E-state index is 11.2. The second-order valence-electron chi connectivity index (χ2n) is 4.68. The van der Waals surface area contributed by atoms with Crippen molar-refractivity contribution < 1.29 is 10.0 Å². The van der Waals surface area contributed by atoms with Gasteiger partial charge in [-0.25, -0.2) is 4.98 Å². The third-order valence-electron chi connectivity index (χ3n) is 3.08. The van der Waals surface area contributed by atoms with Gasteiger partial charge in [0.2, 0.25) is 5.82 Å². The van der Waals surface area contributed by atoms with Gasteiger partial charge in [0.1, 0.15) is 0 Å². The van der Waals surface area contributed by atoms with E-state index < -0.39 is 4.92 Å². The second kappa shape index (κ2) is 6.81. The first-order valence-electron chi connectivity index (χ1n) is 6.63. The van der Waals surface area contributed by atoms with Crippen LogP contribution in [-0.4, -0.2) is 28.2 Å². The van der Waals surface area contributed by atoms with Crippen molar-refractivity contribution in [2.75, 3.05) is 18.1 Å². The molecule has 0 spiro atoms. The van der Waals surface area contributed by atoms with E-state index in [4.69, 9.17) is 0 Å². The number of aliphatic hydroxyl groups excluding tert-OH is 1. The van der Waals surface area contributed by atoms with Gasteiger partial charge in [-0.05, 0) is 18.6 Å². The number of hydrogen-bond acceptors (Lipinski definition) is 5. The zero-order valence-electron chi connectivity index (χ0n) is 11.8. The summed E-state index contributed by atoms with van der Waals surface area (Å²) in [4.78, 5) is 16.7. The van der Waals surface area contributed by atoms with E-state index in [2.05, 4.69) is 4.98 Å². The largest absolute Gasteiger partial charge is 0.395 e. The van der Waals surface area contributed by atoms with Crippen molar-refractivity contribution in [3.05, 3.63) is 63.8 Å². The maximum absolute atomic E-state index is 11.2. The molecule has 0 fully saturated rings. The van der Waals surface area contributed by atoms with E-state index >= 15 is 0 Å². The fraction of sp³-hybridized carbons (Fsp3) is 0.267. The van der Waals surface area contributed by atoms with Gasteiger partial charge in [0, 0.05) is 24.8 Å². The van der Waals surface area contributed by atoms with Crippen molar-refractivity contribution >= 4 is 11.5 Å². The highest BCUT2D eigenvalue weighted by Gasteiger charge is 2.21. The van der Waals surface area contributed by atoms with E-state index in [0.717, 1.165) is 5.56 Å². The van der Waals surface area contributed by atoms with E-state index in [0.29, 0.717) is 12.2 Å². The molecule has 0 saturated carbocycles. The number of aliphatic hydroxyl groups is 1. The Balaban J connectivity index is 2.37. The molecule has 1 heterocycles. The predicted molar refractivity (Wildman–Crippen MR) is 80.2 cm³/mol. The summed E-state index contributed by atoms with van der Waals surface area (Å²) < 4.78 is 0. The van der Waals surface area contributed by atoms with Gasteiger partial charge in [-0.2, -0.15) is 0 Å². The third-order valence-corrected chi connectivity index (χ3v) is 3.08. The van der Waals surface area contributed by atoms with Crippen LogP contribution in [0.25, 0.3) is 0 Å². The van der Waals surface area contributed by atoms with Gasteiger partial charge < -0.3 is 10.0 Å². The van der Waals surface area contributed by atoms with Crippen molar-refractivity contribution in [3.8, 4) is 0 Å². The lowest BCUT2D eigenvalue weighted by molar-refractivity contribution is -0.384. The molecule has 6 heteroatoms. The molecule has 0 aliphatic carbocycles. The highest BCUT2D eigenvalue weighted by molar-refractivity contribution is 5.58. The summed E-state index contributed by atoms with van der Waals surface area (Å²) in [6.07, 6.45) is 0. The molecule has 0 radical (unpaired) electrons. The van der Waals surface area contributed by atoms with Gasteiger partial charge in [0.25, 0.3) is 0 Å². The lowest BCUT2D eigenvalue weighted by Gasteiger charge is -2.23. The summed E-state index contributed by atoms with van der Waals surface area (Å²) in [5, 5.41) is 20.4. The molecule has 6 nitrogen and oxygen atoms in total. The van der Waals surface area contributed by atoms with Crippen LogP contribution < -0.4 is 4.90 Å². The van der Waals surface area contributed by atoms with Crippen molar-refractivity contribution in [1.29, 1.82) is 0 Å². The van der Waals surface area contributed by atoms with Gasteiger partial charge in [0.15, 0.2) is 0 Å². The van der Waals surface area contributed by atoms with Gasteiger partial charge in [0.05, 0.1) is 11.5 Å². The molecule has 2 aromatic rings. The number of pyridine rings is 1. The molecule has 0 aliphatic heterocycles. The number of nitro groups is 1. The van der Waals surface area contributed by atoms with E-state index in [9.17, 15) is 15.2 Å². The van der Waals surface area contributed by atoms with Gasteiger partial charge in [-0.3, -0.25) is 10.1 Å². The Morgan fingerprint density at radius 1 is 1.24 bits per heavy atom. The minimum absolute atomic E-state index is 0.0509. The molecule has 110 valence electrons. The van der Waals surface area contributed by atoms with Crippen LogP contribution in [-0.2, 0) is 6.54 Å². The van der Waals surface area contributed by atoms with Crippen LogP contribution in [0.2, 0.25) is 0 Å². The predicted octanol–water partition coefficient (Wildman–Crippen LogP) is 2.30. The minimum Gasteiger partial charge on any atom is -0.395 e. The minimum atomic E-state index is -0.447. The van der Waals surface area contributed by atoms with Crippen molar-refractivity contribution in [2.45, 2.75) is 13.5 Å². The zero-order valence-corrected chi connectivity index (χ0v) is 11.8. The first-order valence-corrected chi connectivity index (χ1v) is 6.63. The zero-order chi connectivity index (χ0) is 15.2. The van der Waals surface area contributed by atoms with Gasteiger partial charge in [-0.1, -0.05) is 30.3 Å². The van der Waals surface area contributed by atoms with Crippen LogP contribution in [0.5, 0.6) is 0 Å². The molecule has 1 aromatic heterocycles. The Kier molecular flexibility index (Phi) is 4.84. The quantitative estimate of drug-likeness (QED) is 0.651. The molecule has 0 atom stereocenters. The summed E-state index contributed by atoms with van der Waals surface area (Å²) in [6, 6.07) is 12.7. The highest BCUT2D eigenvalue weighted by Crippen LogP contribution is 2.27. The number of aromatic nitrogens is 1. The maximum Gasteiger partial charge on any atom is 0.311 e. The number of aryl methyl sites for hydroxylation is 1. The Morgan fingerprint density at radius 2 is 1.95 bits per heavy atom. The van der Waals surface area contributed by atoms with Crippen LogP contribution >= 0.6 is 0 Å². The molecule has 0 amide bonds. The fourth-order valence-electron chi connectivity index (χ4n) is 2.10.